The summed E-state index contributed by atoms with van der Waals surface area (Å²) < 4.78 is 30.4. The van der Waals surface area contributed by atoms with Gasteiger partial charge in [0.05, 0.1) is 25.3 Å². The van der Waals surface area contributed by atoms with Gasteiger partial charge >= 0.3 is 5.97 Å². The number of nitrogens with zero attached hydrogens (tertiary/aromatic N) is 1. The minimum Gasteiger partial charge on any atom is -0.495 e. The predicted octanol–water partition coefficient (Wildman–Crippen LogP) is 1.96. The van der Waals surface area contributed by atoms with Crippen molar-refractivity contribution in [2.24, 2.45) is 0 Å². The molecule has 1 heterocycles. The van der Waals surface area contributed by atoms with Crippen molar-refractivity contribution in [2.75, 3.05) is 7.11 Å². The maximum atomic E-state index is 12.8. The Morgan fingerprint density at radius 2 is 2.25 bits per heavy atom. The maximum absolute atomic E-state index is 12.8. The molecule has 1 rings (SSSR count). The number of carboxylic acids is 1. The zero-order valence-corrected chi connectivity index (χ0v) is 8.83. The van der Waals surface area contributed by atoms with Crippen LogP contribution in [0.5, 0.6) is 5.75 Å². The third-order valence-corrected chi connectivity index (χ3v) is 2.17. The first-order chi connectivity index (χ1) is 7.47. The van der Waals surface area contributed by atoms with Crippen molar-refractivity contribution in [3.8, 4) is 5.75 Å². The molecular weight excluding hydrogens is 220 g/mol. The van der Waals surface area contributed by atoms with Gasteiger partial charge in [-0.3, -0.25) is 9.78 Å². The van der Waals surface area contributed by atoms with Gasteiger partial charge in [-0.15, -0.1) is 0 Å². The zero-order valence-electron chi connectivity index (χ0n) is 8.83. The molecule has 6 heteroatoms. The van der Waals surface area contributed by atoms with Crippen LogP contribution in [0, 0.1) is 6.92 Å². The summed E-state index contributed by atoms with van der Waals surface area (Å²) in [5.74, 6) is -1.27. The third-order valence-electron chi connectivity index (χ3n) is 2.17. The number of ether oxygens (including phenoxy) is 1. The number of hydrogen-bond acceptors (Lipinski definition) is 3. The van der Waals surface area contributed by atoms with E-state index in [4.69, 9.17) is 9.84 Å². The average Bonchev–Trinajstić information content (AvgIpc) is 2.19. The number of carbonyl (C=O) groups is 1. The molecule has 1 aromatic heterocycles. The quantitative estimate of drug-likeness (QED) is 0.860. The van der Waals surface area contributed by atoms with Crippen LogP contribution in [0.15, 0.2) is 6.20 Å². The average molecular weight is 231 g/mol. The van der Waals surface area contributed by atoms with Gasteiger partial charge in [0.25, 0.3) is 6.43 Å². The third kappa shape index (κ3) is 2.44. The number of aryl methyl sites for hydroxylation is 1. The zero-order chi connectivity index (χ0) is 12.3. The minimum atomic E-state index is -2.79. The molecule has 4 nitrogen and oxygen atoms in total. The SMILES string of the molecule is COc1cnc(C)c(CC(=O)O)c1C(F)F. The first-order valence-electron chi connectivity index (χ1n) is 4.49. The van der Waals surface area contributed by atoms with Crippen LogP contribution < -0.4 is 4.74 Å². The molecule has 0 radical (unpaired) electrons. The fraction of sp³-hybridized carbons (Fsp3) is 0.400. The summed E-state index contributed by atoms with van der Waals surface area (Å²) in [6, 6.07) is 0. The second-order valence-corrected chi connectivity index (χ2v) is 3.18. The van der Waals surface area contributed by atoms with E-state index in [-0.39, 0.29) is 17.0 Å². The summed E-state index contributed by atoms with van der Waals surface area (Å²) in [7, 11) is 1.24. The number of halogens is 2. The molecule has 0 atom stereocenters. The monoisotopic (exact) mass is 231 g/mol. The number of rotatable bonds is 4. The molecular formula is C10H11F2NO3. The van der Waals surface area contributed by atoms with E-state index < -0.39 is 24.4 Å². The van der Waals surface area contributed by atoms with E-state index in [0.29, 0.717) is 0 Å². The molecule has 1 aromatic rings. The van der Waals surface area contributed by atoms with Gasteiger partial charge in [-0.05, 0) is 12.5 Å². The number of pyridine rings is 1. The first kappa shape index (κ1) is 12.4. The van der Waals surface area contributed by atoms with Crippen molar-refractivity contribution in [3.63, 3.8) is 0 Å². The van der Waals surface area contributed by atoms with Crippen LogP contribution in [0.25, 0.3) is 0 Å². The molecule has 88 valence electrons. The highest BCUT2D eigenvalue weighted by Gasteiger charge is 2.22. The Kier molecular flexibility index (Phi) is 3.76. The van der Waals surface area contributed by atoms with Crippen LogP contribution in [-0.4, -0.2) is 23.2 Å². The number of aromatic nitrogens is 1. The standard InChI is InChI=1S/C10H11F2NO3/c1-5-6(3-8(14)15)9(10(11)12)7(16-2)4-13-5/h4,10H,3H2,1-2H3,(H,14,15). The van der Waals surface area contributed by atoms with Crippen LogP contribution in [-0.2, 0) is 11.2 Å². The van der Waals surface area contributed by atoms with Crippen molar-refractivity contribution < 1.29 is 23.4 Å². The molecule has 0 aliphatic carbocycles. The van der Waals surface area contributed by atoms with Crippen LogP contribution >= 0.6 is 0 Å². The summed E-state index contributed by atoms with van der Waals surface area (Å²) in [5.41, 5.74) is -0.0993. The van der Waals surface area contributed by atoms with Crippen LogP contribution in [0.1, 0.15) is 23.2 Å². The Hall–Kier alpha value is -1.72. The van der Waals surface area contributed by atoms with Crippen LogP contribution in [0.3, 0.4) is 0 Å². The topological polar surface area (TPSA) is 59.4 Å². The number of methoxy groups -OCH3 is 1. The van der Waals surface area contributed by atoms with Gasteiger partial charge in [0.2, 0.25) is 0 Å². The molecule has 0 bridgehead atoms. The first-order valence-corrected chi connectivity index (χ1v) is 4.49. The number of aliphatic carboxylic acids is 1. The molecule has 0 saturated heterocycles. The van der Waals surface area contributed by atoms with Gasteiger partial charge in [-0.25, -0.2) is 8.78 Å². The van der Waals surface area contributed by atoms with Crippen molar-refractivity contribution in [1.82, 2.24) is 4.98 Å². The Morgan fingerprint density at radius 1 is 1.62 bits per heavy atom. The molecule has 1 N–H and O–H groups in total. The van der Waals surface area contributed by atoms with Gasteiger partial charge in [0.1, 0.15) is 5.75 Å². The Morgan fingerprint density at radius 3 is 2.69 bits per heavy atom. The number of alkyl halides is 2. The fourth-order valence-corrected chi connectivity index (χ4v) is 1.42. The van der Waals surface area contributed by atoms with Gasteiger partial charge in [0.15, 0.2) is 0 Å². The van der Waals surface area contributed by atoms with Gasteiger partial charge in [-0.2, -0.15) is 0 Å². The van der Waals surface area contributed by atoms with Crippen molar-refractivity contribution in [2.45, 2.75) is 19.8 Å². The minimum absolute atomic E-state index is 0.0156. The van der Waals surface area contributed by atoms with Crippen LogP contribution in [0.2, 0.25) is 0 Å². The molecule has 0 fully saturated rings. The van der Waals surface area contributed by atoms with E-state index in [1.807, 2.05) is 0 Å². The Bertz CT molecular complexity index is 407. The lowest BCUT2D eigenvalue weighted by Gasteiger charge is -2.13. The molecule has 0 aliphatic heterocycles. The summed E-state index contributed by atoms with van der Waals surface area (Å²) in [6.45, 7) is 1.49. The lowest BCUT2D eigenvalue weighted by Crippen LogP contribution is -2.09. The smallest absolute Gasteiger partial charge is 0.307 e. The van der Waals surface area contributed by atoms with E-state index >= 15 is 0 Å². The summed E-state index contributed by atoms with van der Waals surface area (Å²) in [6.07, 6.45) is -2.11. The van der Waals surface area contributed by atoms with E-state index in [1.54, 1.807) is 0 Å². The van der Waals surface area contributed by atoms with Crippen molar-refractivity contribution >= 4 is 5.97 Å². The van der Waals surface area contributed by atoms with Gasteiger partial charge in [0, 0.05) is 5.69 Å². The fourth-order valence-electron chi connectivity index (χ4n) is 1.42. The maximum Gasteiger partial charge on any atom is 0.307 e. The van der Waals surface area contributed by atoms with Crippen LogP contribution in [0.4, 0.5) is 8.78 Å². The molecule has 16 heavy (non-hydrogen) atoms. The van der Waals surface area contributed by atoms with E-state index in [0.717, 1.165) is 0 Å². The summed E-state index contributed by atoms with van der Waals surface area (Å²) in [5, 5.41) is 8.65. The van der Waals surface area contributed by atoms with E-state index in [2.05, 4.69) is 4.98 Å². The largest absolute Gasteiger partial charge is 0.495 e. The highest BCUT2D eigenvalue weighted by atomic mass is 19.3. The number of carboxylic acid groups (broad SMARTS) is 1. The molecule has 0 saturated carbocycles. The highest BCUT2D eigenvalue weighted by Crippen LogP contribution is 2.33. The molecule has 0 unspecified atom stereocenters. The lowest BCUT2D eigenvalue weighted by atomic mass is 10.0. The van der Waals surface area contributed by atoms with Crippen molar-refractivity contribution in [3.05, 3.63) is 23.0 Å². The van der Waals surface area contributed by atoms with E-state index in [9.17, 15) is 13.6 Å². The summed E-state index contributed by atoms with van der Waals surface area (Å²) in [4.78, 5) is 14.4. The number of hydrogen-bond donors (Lipinski definition) is 1. The second-order valence-electron chi connectivity index (χ2n) is 3.18. The highest BCUT2D eigenvalue weighted by molar-refractivity contribution is 5.71. The van der Waals surface area contributed by atoms with Crippen molar-refractivity contribution in [1.29, 1.82) is 0 Å². The van der Waals surface area contributed by atoms with Gasteiger partial charge < -0.3 is 9.84 Å². The Balaban J connectivity index is 3.35. The molecule has 0 aliphatic rings. The molecule has 0 aromatic carbocycles. The Labute approximate surface area is 90.9 Å². The van der Waals surface area contributed by atoms with Gasteiger partial charge in [-0.1, -0.05) is 0 Å². The predicted molar refractivity (Wildman–Crippen MR) is 51.8 cm³/mol. The molecule has 0 amide bonds. The molecule has 0 spiro atoms. The second kappa shape index (κ2) is 4.87. The van der Waals surface area contributed by atoms with E-state index in [1.165, 1.54) is 20.2 Å². The summed E-state index contributed by atoms with van der Waals surface area (Å²) >= 11 is 0. The lowest BCUT2D eigenvalue weighted by molar-refractivity contribution is -0.136. The normalized spacial score (nSPS) is 10.6.